The molecule has 25 heavy (non-hydrogen) atoms. The van der Waals surface area contributed by atoms with Crippen LogP contribution in [-0.4, -0.2) is 22.0 Å². The van der Waals surface area contributed by atoms with E-state index in [0.717, 1.165) is 5.56 Å². The van der Waals surface area contributed by atoms with E-state index >= 15 is 0 Å². The highest BCUT2D eigenvalue weighted by atomic mass is 16.6. The Morgan fingerprint density at radius 2 is 1.76 bits per heavy atom. The maximum absolute atomic E-state index is 11.1. The highest BCUT2D eigenvalue weighted by Crippen LogP contribution is 2.40. The average Bonchev–Trinajstić information content (AvgIpc) is 2.53. The molecular weight excluding hydrogens is 326 g/mol. The number of non-ortho nitro benzene ring substituents is 2. The van der Waals surface area contributed by atoms with Crippen LogP contribution in [-0.2, 0) is 6.54 Å². The Kier molecular flexibility index (Phi) is 4.03. The quantitative estimate of drug-likeness (QED) is 0.620. The van der Waals surface area contributed by atoms with Crippen molar-refractivity contribution in [3.05, 3.63) is 68.3 Å². The summed E-state index contributed by atoms with van der Waals surface area (Å²) in [7, 11) is 0. The minimum absolute atomic E-state index is 0.0179. The van der Waals surface area contributed by atoms with Crippen LogP contribution < -0.4 is 9.64 Å². The minimum atomic E-state index is -0.482. The molecular formula is C17H17N3O5. The van der Waals surface area contributed by atoms with Crippen molar-refractivity contribution >= 4 is 17.1 Å². The fraction of sp³-hybridized carbons (Fsp3) is 0.294. The first kappa shape index (κ1) is 16.7. The van der Waals surface area contributed by atoms with E-state index in [1.54, 1.807) is 18.2 Å². The fourth-order valence-corrected chi connectivity index (χ4v) is 2.96. The molecule has 0 aliphatic carbocycles. The van der Waals surface area contributed by atoms with E-state index in [2.05, 4.69) is 0 Å². The van der Waals surface area contributed by atoms with Crippen molar-refractivity contribution in [3.8, 4) is 5.75 Å². The maximum atomic E-state index is 11.1. The van der Waals surface area contributed by atoms with Gasteiger partial charge in [0.15, 0.2) is 0 Å². The Morgan fingerprint density at radius 1 is 1.08 bits per heavy atom. The zero-order chi connectivity index (χ0) is 18.2. The Balaban J connectivity index is 1.98. The third-order valence-electron chi connectivity index (χ3n) is 3.95. The molecule has 0 spiro atoms. The van der Waals surface area contributed by atoms with Gasteiger partial charge in [-0.25, -0.2) is 0 Å². The molecule has 2 aromatic rings. The van der Waals surface area contributed by atoms with Gasteiger partial charge in [0.25, 0.3) is 11.4 Å². The Morgan fingerprint density at radius 3 is 2.44 bits per heavy atom. The van der Waals surface area contributed by atoms with Gasteiger partial charge in [-0.1, -0.05) is 12.1 Å². The summed E-state index contributed by atoms with van der Waals surface area (Å²) in [5.74, 6) is 0.562. The molecule has 1 aliphatic rings. The number of ether oxygens (including phenoxy) is 1. The standard InChI is InChI=1S/C17H17N3O5/c1-17(2)11-18(10-12-4-3-5-13(8-12)19(21)22)15-9-14(20(23)24)6-7-16(15)25-17/h3-9H,10-11H2,1-2H3. The van der Waals surface area contributed by atoms with Gasteiger partial charge in [-0.15, -0.1) is 0 Å². The summed E-state index contributed by atoms with van der Waals surface area (Å²) in [5, 5.41) is 22.0. The van der Waals surface area contributed by atoms with Crippen LogP contribution in [0, 0.1) is 20.2 Å². The van der Waals surface area contributed by atoms with Crippen molar-refractivity contribution < 1.29 is 14.6 Å². The maximum Gasteiger partial charge on any atom is 0.271 e. The third-order valence-corrected chi connectivity index (χ3v) is 3.95. The van der Waals surface area contributed by atoms with E-state index in [9.17, 15) is 20.2 Å². The van der Waals surface area contributed by atoms with Gasteiger partial charge in [0.05, 0.1) is 22.1 Å². The number of nitro groups is 2. The second-order valence-electron chi connectivity index (χ2n) is 6.55. The molecule has 0 N–H and O–H groups in total. The number of fused-ring (bicyclic) bond motifs is 1. The molecule has 1 aliphatic heterocycles. The first-order chi connectivity index (χ1) is 11.7. The summed E-state index contributed by atoms with van der Waals surface area (Å²) in [6, 6.07) is 10.9. The lowest BCUT2D eigenvalue weighted by Gasteiger charge is -2.40. The van der Waals surface area contributed by atoms with Gasteiger partial charge in [0.2, 0.25) is 0 Å². The number of rotatable bonds is 4. The van der Waals surface area contributed by atoms with E-state index in [1.165, 1.54) is 24.3 Å². The number of anilines is 1. The van der Waals surface area contributed by atoms with Crippen LogP contribution in [0.15, 0.2) is 42.5 Å². The van der Waals surface area contributed by atoms with Crippen molar-refractivity contribution in [1.82, 2.24) is 0 Å². The topological polar surface area (TPSA) is 98.8 Å². The molecule has 1 heterocycles. The minimum Gasteiger partial charge on any atom is -0.484 e. The van der Waals surface area contributed by atoms with Crippen LogP contribution in [0.1, 0.15) is 19.4 Å². The van der Waals surface area contributed by atoms with Crippen LogP contribution in [0.5, 0.6) is 5.75 Å². The summed E-state index contributed by atoms with van der Waals surface area (Å²) < 4.78 is 5.91. The fourth-order valence-electron chi connectivity index (χ4n) is 2.96. The first-order valence-electron chi connectivity index (χ1n) is 7.71. The van der Waals surface area contributed by atoms with Gasteiger partial charge < -0.3 is 9.64 Å². The van der Waals surface area contributed by atoms with Gasteiger partial charge in [-0.2, -0.15) is 0 Å². The van der Waals surface area contributed by atoms with Crippen molar-refractivity contribution in [2.24, 2.45) is 0 Å². The largest absolute Gasteiger partial charge is 0.484 e. The zero-order valence-corrected chi connectivity index (χ0v) is 13.8. The first-order valence-corrected chi connectivity index (χ1v) is 7.71. The van der Waals surface area contributed by atoms with Gasteiger partial charge in [0, 0.05) is 30.8 Å². The summed E-state index contributed by atoms with van der Waals surface area (Å²) in [6.45, 7) is 4.75. The lowest BCUT2D eigenvalue weighted by molar-refractivity contribution is -0.385. The molecule has 2 aromatic carbocycles. The zero-order valence-electron chi connectivity index (χ0n) is 13.8. The van der Waals surface area contributed by atoms with Crippen LogP contribution in [0.4, 0.5) is 17.1 Å². The summed E-state index contributed by atoms with van der Waals surface area (Å²) in [5.41, 5.74) is 0.879. The number of hydrogen-bond donors (Lipinski definition) is 0. The predicted octanol–water partition coefficient (Wildman–Crippen LogP) is 3.68. The Bertz CT molecular complexity index is 850. The third kappa shape index (κ3) is 3.52. The van der Waals surface area contributed by atoms with Crippen LogP contribution in [0.2, 0.25) is 0 Å². The second-order valence-corrected chi connectivity index (χ2v) is 6.55. The molecule has 0 saturated heterocycles. The van der Waals surface area contributed by atoms with Crippen molar-refractivity contribution in [2.75, 3.05) is 11.4 Å². The normalized spacial score (nSPS) is 15.2. The molecule has 0 amide bonds. The van der Waals surface area contributed by atoms with Crippen molar-refractivity contribution in [3.63, 3.8) is 0 Å². The highest BCUT2D eigenvalue weighted by molar-refractivity contribution is 5.65. The van der Waals surface area contributed by atoms with Crippen LogP contribution in [0.25, 0.3) is 0 Å². The number of benzene rings is 2. The molecule has 0 atom stereocenters. The molecule has 0 bridgehead atoms. The van der Waals surface area contributed by atoms with E-state index in [0.29, 0.717) is 24.5 Å². The highest BCUT2D eigenvalue weighted by Gasteiger charge is 2.33. The lowest BCUT2D eigenvalue weighted by Crippen LogP contribution is -2.46. The van der Waals surface area contributed by atoms with E-state index in [1.807, 2.05) is 18.7 Å². The van der Waals surface area contributed by atoms with E-state index in [4.69, 9.17) is 4.74 Å². The summed E-state index contributed by atoms with van der Waals surface area (Å²) in [4.78, 5) is 23.1. The van der Waals surface area contributed by atoms with Crippen molar-refractivity contribution in [1.29, 1.82) is 0 Å². The lowest BCUT2D eigenvalue weighted by atomic mass is 10.0. The molecule has 8 heteroatoms. The SMILES string of the molecule is CC1(C)CN(Cc2cccc([N+](=O)[O-])c2)c2cc([N+](=O)[O-])ccc2O1. The van der Waals surface area contributed by atoms with E-state index in [-0.39, 0.29) is 11.4 Å². The molecule has 0 radical (unpaired) electrons. The van der Waals surface area contributed by atoms with Gasteiger partial charge in [-0.3, -0.25) is 20.2 Å². The molecule has 3 rings (SSSR count). The van der Waals surface area contributed by atoms with Gasteiger partial charge in [-0.05, 0) is 25.5 Å². The molecule has 0 saturated carbocycles. The van der Waals surface area contributed by atoms with Gasteiger partial charge >= 0.3 is 0 Å². The van der Waals surface area contributed by atoms with Crippen molar-refractivity contribution in [2.45, 2.75) is 26.0 Å². The molecule has 130 valence electrons. The van der Waals surface area contributed by atoms with E-state index < -0.39 is 15.4 Å². The van der Waals surface area contributed by atoms with Crippen LogP contribution >= 0.6 is 0 Å². The summed E-state index contributed by atoms with van der Waals surface area (Å²) >= 11 is 0. The van der Waals surface area contributed by atoms with Gasteiger partial charge in [0.1, 0.15) is 11.4 Å². The number of hydrogen-bond acceptors (Lipinski definition) is 6. The second kappa shape index (κ2) is 6.04. The predicted molar refractivity (Wildman–Crippen MR) is 91.9 cm³/mol. The Hall–Kier alpha value is -3.16. The number of nitrogens with zero attached hydrogens (tertiary/aromatic N) is 3. The summed E-state index contributed by atoms with van der Waals surface area (Å²) in [6.07, 6.45) is 0. The molecule has 0 aromatic heterocycles. The molecule has 0 unspecified atom stereocenters. The monoisotopic (exact) mass is 343 g/mol. The number of nitro benzene ring substituents is 2. The molecule has 0 fully saturated rings. The van der Waals surface area contributed by atoms with Crippen LogP contribution in [0.3, 0.4) is 0 Å². The smallest absolute Gasteiger partial charge is 0.271 e. The molecule has 8 nitrogen and oxygen atoms in total. The Labute approximate surface area is 143 Å². The average molecular weight is 343 g/mol.